The first-order chi connectivity index (χ1) is 15.8. The zero-order valence-electron chi connectivity index (χ0n) is 17.0. The van der Waals surface area contributed by atoms with Crippen molar-refractivity contribution in [3.8, 4) is 16.9 Å². The van der Waals surface area contributed by atoms with Crippen LogP contribution >= 0.6 is 0 Å². The molecule has 0 radical (unpaired) electrons. The molecule has 3 aromatic carbocycles. The van der Waals surface area contributed by atoms with Gasteiger partial charge in [0, 0.05) is 5.69 Å². The molecule has 3 rings (SSSR count). The number of hydrogen-bond acceptors (Lipinski definition) is 3. The van der Waals surface area contributed by atoms with Crippen LogP contribution in [-0.2, 0) is 22.3 Å². The van der Waals surface area contributed by atoms with E-state index in [0.29, 0.717) is 11.1 Å². The fraction of sp³-hybridized carbons (Fsp3) is 0.130. The largest absolute Gasteiger partial charge is 0.573 e. The summed E-state index contributed by atoms with van der Waals surface area (Å²) in [6.07, 6.45) is -9.44. The van der Waals surface area contributed by atoms with Crippen LogP contribution in [0, 0.1) is 0 Å². The van der Waals surface area contributed by atoms with Gasteiger partial charge in [0.05, 0.1) is 12.1 Å². The van der Waals surface area contributed by atoms with Crippen LogP contribution in [0.3, 0.4) is 0 Å². The van der Waals surface area contributed by atoms with E-state index in [1.165, 1.54) is 42.5 Å². The molecular formula is C23H15F6NO4. The van der Waals surface area contributed by atoms with Crippen molar-refractivity contribution in [2.75, 3.05) is 4.90 Å². The number of carbonyl (C=O) groups is 2. The molecule has 0 aromatic heterocycles. The number of carboxylic acids is 1. The highest BCUT2D eigenvalue weighted by atomic mass is 19.4. The summed E-state index contributed by atoms with van der Waals surface area (Å²) in [4.78, 5) is 24.3. The first-order valence-corrected chi connectivity index (χ1v) is 9.51. The number of carbonyl (C=O) groups excluding carboxylic acids is 1. The Balaban J connectivity index is 1.86. The summed E-state index contributed by atoms with van der Waals surface area (Å²) in [5, 5.41) is 9.15. The number of ether oxygens (including phenoxy) is 1. The van der Waals surface area contributed by atoms with E-state index in [4.69, 9.17) is 5.11 Å². The molecular weight excluding hydrogens is 468 g/mol. The van der Waals surface area contributed by atoms with Crippen LogP contribution in [0.5, 0.6) is 5.75 Å². The van der Waals surface area contributed by atoms with Crippen molar-refractivity contribution in [1.82, 2.24) is 0 Å². The number of aliphatic carboxylic acids is 1. The Morgan fingerprint density at radius 3 is 1.88 bits per heavy atom. The molecule has 0 bridgehead atoms. The number of hydrogen-bond donors (Lipinski definition) is 1. The van der Waals surface area contributed by atoms with Crippen LogP contribution in [0.15, 0.2) is 72.8 Å². The molecule has 0 fully saturated rings. The molecule has 11 heteroatoms. The fourth-order valence-electron chi connectivity index (χ4n) is 3.11. The molecule has 0 atom stereocenters. The quantitative estimate of drug-likeness (QED) is 0.363. The van der Waals surface area contributed by atoms with E-state index in [0.717, 1.165) is 35.2 Å². The van der Waals surface area contributed by atoms with Crippen molar-refractivity contribution in [1.29, 1.82) is 0 Å². The lowest BCUT2D eigenvalue weighted by molar-refractivity contribution is -0.274. The summed E-state index contributed by atoms with van der Waals surface area (Å²) in [6, 6.07) is 14.9. The molecule has 1 N–H and O–H groups in total. The Kier molecular flexibility index (Phi) is 6.85. The minimum atomic E-state index is -4.83. The van der Waals surface area contributed by atoms with Crippen LogP contribution < -0.4 is 9.64 Å². The van der Waals surface area contributed by atoms with Gasteiger partial charge in [-0.1, -0.05) is 36.4 Å². The van der Waals surface area contributed by atoms with Gasteiger partial charge < -0.3 is 9.84 Å². The van der Waals surface area contributed by atoms with E-state index in [9.17, 15) is 35.9 Å². The summed E-state index contributed by atoms with van der Waals surface area (Å²) in [5.74, 6) is -3.55. The maximum absolute atomic E-state index is 13.0. The van der Waals surface area contributed by atoms with E-state index in [2.05, 4.69) is 4.74 Å². The van der Waals surface area contributed by atoms with E-state index in [1.807, 2.05) is 0 Å². The summed E-state index contributed by atoms with van der Waals surface area (Å²) in [5.41, 5.74) is 0.263. The highest BCUT2D eigenvalue weighted by Gasteiger charge is 2.32. The molecule has 34 heavy (non-hydrogen) atoms. The number of benzene rings is 3. The van der Waals surface area contributed by atoms with Crippen LogP contribution in [0.1, 0.15) is 11.1 Å². The predicted molar refractivity (Wildman–Crippen MR) is 109 cm³/mol. The van der Waals surface area contributed by atoms with Crippen molar-refractivity contribution in [2.45, 2.75) is 19.1 Å². The van der Waals surface area contributed by atoms with Gasteiger partial charge in [-0.3, -0.25) is 9.69 Å². The number of anilines is 1. The van der Waals surface area contributed by atoms with E-state index in [1.54, 1.807) is 0 Å². The molecule has 0 unspecified atom stereocenters. The van der Waals surface area contributed by atoms with Crippen LogP contribution in [-0.4, -0.2) is 23.3 Å². The average molecular weight is 483 g/mol. The molecule has 0 heterocycles. The molecule has 5 nitrogen and oxygen atoms in total. The standard InChI is InChI=1S/C23H15F6NO4/c24-22(25,26)17-3-1-2-14(12-17)13-30(20(31)21(32)33)18-8-4-15(5-9-18)16-6-10-19(11-7-16)34-23(27,28)29/h1-12H,13H2,(H,32,33). The van der Waals surface area contributed by atoms with Gasteiger partial charge >= 0.3 is 24.4 Å². The van der Waals surface area contributed by atoms with Gasteiger partial charge in [-0.05, 0) is 53.1 Å². The van der Waals surface area contributed by atoms with Crippen molar-refractivity contribution in [3.63, 3.8) is 0 Å². The van der Waals surface area contributed by atoms with Crippen molar-refractivity contribution in [3.05, 3.63) is 83.9 Å². The monoisotopic (exact) mass is 483 g/mol. The molecule has 0 aliphatic carbocycles. The lowest BCUT2D eigenvalue weighted by Gasteiger charge is -2.22. The van der Waals surface area contributed by atoms with E-state index in [-0.39, 0.29) is 11.3 Å². The second-order valence-electron chi connectivity index (χ2n) is 7.01. The fourth-order valence-corrected chi connectivity index (χ4v) is 3.11. The summed E-state index contributed by atoms with van der Waals surface area (Å²) in [6.45, 7) is -0.433. The number of nitrogens with zero attached hydrogens (tertiary/aromatic N) is 1. The zero-order chi connectivity index (χ0) is 25.1. The molecule has 0 aliphatic heterocycles. The summed E-state index contributed by atoms with van der Waals surface area (Å²) < 4.78 is 79.6. The number of rotatable bonds is 5. The Bertz CT molecular complexity index is 1170. The topological polar surface area (TPSA) is 66.8 Å². The molecule has 0 aliphatic rings. The van der Waals surface area contributed by atoms with E-state index >= 15 is 0 Å². The minimum absolute atomic E-state index is 0.0637. The van der Waals surface area contributed by atoms with Crippen molar-refractivity contribution >= 4 is 17.6 Å². The molecule has 0 saturated carbocycles. The number of amides is 1. The molecule has 3 aromatic rings. The molecule has 178 valence electrons. The third-order valence-corrected chi connectivity index (χ3v) is 4.62. The lowest BCUT2D eigenvalue weighted by atomic mass is 10.0. The Morgan fingerprint density at radius 2 is 1.38 bits per heavy atom. The van der Waals surface area contributed by atoms with E-state index < -0.39 is 42.3 Å². The third kappa shape index (κ3) is 6.27. The van der Waals surface area contributed by atoms with Crippen molar-refractivity contribution < 1.29 is 45.8 Å². The van der Waals surface area contributed by atoms with Crippen molar-refractivity contribution in [2.24, 2.45) is 0 Å². The predicted octanol–water partition coefficient (Wildman–Crippen LogP) is 5.89. The highest BCUT2D eigenvalue weighted by molar-refractivity contribution is 6.37. The van der Waals surface area contributed by atoms with Gasteiger partial charge in [0.2, 0.25) is 0 Å². The lowest BCUT2D eigenvalue weighted by Crippen LogP contribution is -2.36. The molecule has 0 spiro atoms. The average Bonchev–Trinajstić information content (AvgIpc) is 2.76. The second-order valence-corrected chi connectivity index (χ2v) is 7.01. The number of carboxylic acid groups (broad SMARTS) is 1. The highest BCUT2D eigenvalue weighted by Crippen LogP contribution is 2.31. The van der Waals surface area contributed by atoms with Gasteiger partial charge in [0.25, 0.3) is 0 Å². The number of halogens is 6. The second kappa shape index (κ2) is 9.46. The summed E-state index contributed by atoms with van der Waals surface area (Å²) in [7, 11) is 0. The Morgan fingerprint density at radius 1 is 0.824 bits per heavy atom. The van der Waals surface area contributed by atoms with Gasteiger partial charge in [-0.15, -0.1) is 13.2 Å². The maximum atomic E-state index is 13.0. The van der Waals surface area contributed by atoms with Gasteiger partial charge in [-0.25, -0.2) is 4.79 Å². The van der Waals surface area contributed by atoms with Crippen LogP contribution in [0.4, 0.5) is 32.0 Å². The zero-order valence-corrected chi connectivity index (χ0v) is 17.0. The van der Waals surface area contributed by atoms with Gasteiger partial charge in [0.15, 0.2) is 0 Å². The van der Waals surface area contributed by atoms with Crippen LogP contribution in [0.2, 0.25) is 0 Å². The van der Waals surface area contributed by atoms with Gasteiger partial charge in [-0.2, -0.15) is 13.2 Å². The minimum Gasteiger partial charge on any atom is -0.474 e. The smallest absolute Gasteiger partial charge is 0.474 e. The normalized spacial score (nSPS) is 11.7. The first kappa shape index (κ1) is 24.6. The SMILES string of the molecule is O=C(O)C(=O)N(Cc1cccc(C(F)(F)F)c1)c1ccc(-c2ccc(OC(F)(F)F)cc2)cc1. The molecule has 0 saturated heterocycles. The maximum Gasteiger partial charge on any atom is 0.573 e. The van der Waals surface area contributed by atoms with Crippen LogP contribution in [0.25, 0.3) is 11.1 Å². The Labute approximate surface area is 188 Å². The van der Waals surface area contributed by atoms with Gasteiger partial charge in [0.1, 0.15) is 5.75 Å². The first-order valence-electron chi connectivity index (χ1n) is 9.51. The number of alkyl halides is 6. The Hall–Kier alpha value is -4.02. The summed E-state index contributed by atoms with van der Waals surface area (Å²) >= 11 is 0. The molecule has 1 amide bonds. The third-order valence-electron chi connectivity index (χ3n) is 4.62.